The third kappa shape index (κ3) is 4.30. The Morgan fingerprint density at radius 3 is 1.54 bits per heavy atom. The summed E-state index contributed by atoms with van der Waals surface area (Å²) in [4.78, 5) is 11.9. The minimum atomic E-state index is -0.362. The Labute approximate surface area is 236 Å². The molecule has 200 valence electrons. The van der Waals surface area contributed by atoms with Crippen LogP contribution in [0.4, 0.5) is 0 Å². The highest BCUT2D eigenvalue weighted by Gasteiger charge is 2.29. The Morgan fingerprint density at radius 2 is 1.07 bits per heavy atom. The van der Waals surface area contributed by atoms with E-state index in [-0.39, 0.29) is 5.97 Å². The van der Waals surface area contributed by atoms with E-state index in [4.69, 9.17) is 14.9 Å². The largest absolute Gasteiger partial charge is 0.465 e. The Kier molecular flexibility index (Phi) is 6.00. The number of hydrogen-bond donors (Lipinski definition) is 0. The molecule has 7 rings (SSSR count). The lowest BCUT2D eigenvalue weighted by atomic mass is 9.89. The lowest BCUT2D eigenvalue weighted by Crippen LogP contribution is -2.08. The number of aromatic nitrogens is 6. The van der Waals surface area contributed by atoms with E-state index in [2.05, 4.69) is 65.9 Å². The summed E-state index contributed by atoms with van der Waals surface area (Å²) in [5.74, 6) is -0.362. The number of carbonyl (C=O) groups is 1. The molecule has 1 aliphatic carbocycles. The smallest absolute Gasteiger partial charge is 0.337 e. The zero-order chi connectivity index (χ0) is 27.9. The standard InChI is InChI=1S/C33H26N6O2/c1-21-11-13-22(14-12-21)19-38-31-27-9-5-3-7-25(27)30-32(28-10-6-4-8-26(28)29(31)34-36-38)39(37-35-30)20-23-15-17-24(18-16-23)33(40)41-2/h3-18H,19-20H2,1-2H3. The summed E-state index contributed by atoms with van der Waals surface area (Å²) in [6, 6.07) is 32.3. The summed E-state index contributed by atoms with van der Waals surface area (Å²) in [5, 5.41) is 18.7. The molecule has 0 saturated heterocycles. The van der Waals surface area contributed by atoms with E-state index in [0.717, 1.165) is 56.2 Å². The first kappa shape index (κ1) is 24.7. The van der Waals surface area contributed by atoms with Gasteiger partial charge in [-0.25, -0.2) is 14.2 Å². The molecule has 0 amide bonds. The Bertz CT molecular complexity index is 1900. The number of nitrogens with zero attached hydrogens (tertiary/aromatic N) is 6. The number of ether oxygens (including phenoxy) is 1. The minimum absolute atomic E-state index is 0.362. The lowest BCUT2D eigenvalue weighted by molar-refractivity contribution is 0.0600. The second kappa shape index (κ2) is 9.98. The van der Waals surface area contributed by atoms with Gasteiger partial charge in [-0.1, -0.05) is 101 Å². The van der Waals surface area contributed by atoms with E-state index >= 15 is 0 Å². The first-order chi connectivity index (χ1) is 20.1. The van der Waals surface area contributed by atoms with Gasteiger partial charge in [0, 0.05) is 22.3 Å². The molecule has 0 radical (unpaired) electrons. The fourth-order valence-electron chi connectivity index (χ4n) is 5.44. The first-order valence-corrected chi connectivity index (χ1v) is 13.4. The van der Waals surface area contributed by atoms with Crippen molar-refractivity contribution in [3.8, 4) is 45.0 Å². The van der Waals surface area contributed by atoms with Crippen molar-refractivity contribution in [2.75, 3.05) is 7.11 Å². The SMILES string of the molecule is COC(=O)c1ccc(Cn2nnc3c2-c2ccccc2-c2nnn(Cc4ccc(C)cc4)c2-c2ccccc2-3)cc1. The summed E-state index contributed by atoms with van der Waals surface area (Å²) in [5.41, 5.74) is 11.3. The second-order valence-corrected chi connectivity index (χ2v) is 10.2. The summed E-state index contributed by atoms with van der Waals surface area (Å²) < 4.78 is 8.74. The van der Waals surface area contributed by atoms with Crippen LogP contribution < -0.4 is 0 Å². The van der Waals surface area contributed by atoms with Crippen molar-refractivity contribution in [3.63, 3.8) is 0 Å². The van der Waals surface area contributed by atoms with Gasteiger partial charge in [0.25, 0.3) is 0 Å². The number of rotatable bonds is 5. The van der Waals surface area contributed by atoms with Crippen molar-refractivity contribution in [1.82, 2.24) is 30.0 Å². The number of fused-ring (bicyclic) bond motifs is 8. The Hall–Kier alpha value is -5.37. The minimum Gasteiger partial charge on any atom is -0.465 e. The van der Waals surface area contributed by atoms with E-state index in [1.54, 1.807) is 12.1 Å². The zero-order valence-electron chi connectivity index (χ0n) is 22.7. The van der Waals surface area contributed by atoms with Gasteiger partial charge in [-0.15, -0.1) is 10.2 Å². The van der Waals surface area contributed by atoms with Crippen LogP contribution in [-0.4, -0.2) is 43.1 Å². The Balaban J connectivity index is 1.39. The van der Waals surface area contributed by atoms with Gasteiger partial charge in [0.1, 0.15) is 11.4 Å². The van der Waals surface area contributed by atoms with Crippen molar-refractivity contribution >= 4 is 5.97 Å². The van der Waals surface area contributed by atoms with E-state index in [1.807, 2.05) is 45.8 Å². The maximum atomic E-state index is 11.9. The summed E-state index contributed by atoms with van der Waals surface area (Å²) in [6.07, 6.45) is 0. The zero-order valence-corrected chi connectivity index (χ0v) is 22.7. The molecular weight excluding hydrogens is 512 g/mol. The summed E-state index contributed by atoms with van der Waals surface area (Å²) in [7, 11) is 1.38. The van der Waals surface area contributed by atoms with Gasteiger partial charge in [-0.2, -0.15) is 0 Å². The third-order valence-electron chi connectivity index (χ3n) is 7.51. The van der Waals surface area contributed by atoms with Crippen LogP contribution in [0.25, 0.3) is 45.0 Å². The van der Waals surface area contributed by atoms with Gasteiger partial charge < -0.3 is 4.74 Å². The van der Waals surface area contributed by atoms with Crippen molar-refractivity contribution in [3.05, 3.63) is 119 Å². The first-order valence-electron chi connectivity index (χ1n) is 13.4. The number of benzene rings is 4. The summed E-state index contributed by atoms with van der Waals surface area (Å²) in [6.45, 7) is 3.16. The highest BCUT2D eigenvalue weighted by molar-refractivity contribution is 5.99. The van der Waals surface area contributed by atoms with Crippen LogP contribution in [0.1, 0.15) is 27.0 Å². The molecule has 0 bridgehead atoms. The van der Waals surface area contributed by atoms with Gasteiger partial charge >= 0.3 is 5.97 Å². The topological polar surface area (TPSA) is 87.7 Å². The van der Waals surface area contributed by atoms with Crippen LogP contribution in [0.5, 0.6) is 0 Å². The molecule has 0 saturated carbocycles. The molecule has 8 heteroatoms. The quantitative estimate of drug-likeness (QED) is 0.248. The molecule has 0 N–H and O–H groups in total. The fourth-order valence-corrected chi connectivity index (χ4v) is 5.44. The second-order valence-electron chi connectivity index (χ2n) is 10.2. The lowest BCUT2D eigenvalue weighted by Gasteiger charge is -2.19. The summed E-state index contributed by atoms with van der Waals surface area (Å²) >= 11 is 0. The number of hydrogen-bond acceptors (Lipinski definition) is 6. The maximum Gasteiger partial charge on any atom is 0.337 e. The fraction of sp³-hybridized carbons (Fsp3) is 0.121. The molecule has 2 heterocycles. The highest BCUT2D eigenvalue weighted by atomic mass is 16.5. The van der Waals surface area contributed by atoms with Crippen molar-refractivity contribution in [2.45, 2.75) is 20.0 Å². The maximum absolute atomic E-state index is 11.9. The van der Waals surface area contributed by atoms with E-state index in [9.17, 15) is 4.79 Å². The normalized spacial score (nSPS) is 11.5. The average molecular weight is 539 g/mol. The van der Waals surface area contributed by atoms with Crippen LogP contribution in [-0.2, 0) is 17.8 Å². The molecule has 1 aliphatic rings. The molecule has 0 atom stereocenters. The van der Waals surface area contributed by atoms with E-state index < -0.39 is 0 Å². The van der Waals surface area contributed by atoms with Crippen LogP contribution in [0.15, 0.2) is 97.1 Å². The van der Waals surface area contributed by atoms with Gasteiger partial charge in [0.2, 0.25) is 0 Å². The molecule has 0 fully saturated rings. The van der Waals surface area contributed by atoms with Gasteiger partial charge in [0.05, 0.1) is 37.2 Å². The monoisotopic (exact) mass is 538 g/mol. The van der Waals surface area contributed by atoms with Gasteiger partial charge in [-0.3, -0.25) is 0 Å². The van der Waals surface area contributed by atoms with Crippen LogP contribution in [0.3, 0.4) is 0 Å². The molecule has 0 aliphatic heterocycles. The molecule has 4 aromatic carbocycles. The molecule has 6 aromatic rings. The molecule has 0 spiro atoms. The molecule has 41 heavy (non-hydrogen) atoms. The van der Waals surface area contributed by atoms with Crippen LogP contribution in [0.2, 0.25) is 0 Å². The molecule has 8 nitrogen and oxygen atoms in total. The van der Waals surface area contributed by atoms with Crippen LogP contribution >= 0.6 is 0 Å². The van der Waals surface area contributed by atoms with Crippen molar-refractivity contribution in [2.24, 2.45) is 0 Å². The van der Waals surface area contributed by atoms with Crippen molar-refractivity contribution in [1.29, 1.82) is 0 Å². The van der Waals surface area contributed by atoms with Crippen molar-refractivity contribution < 1.29 is 9.53 Å². The highest BCUT2D eigenvalue weighted by Crippen LogP contribution is 2.46. The van der Waals surface area contributed by atoms with E-state index in [0.29, 0.717) is 18.7 Å². The van der Waals surface area contributed by atoms with Gasteiger partial charge in [0.15, 0.2) is 0 Å². The van der Waals surface area contributed by atoms with Gasteiger partial charge in [-0.05, 0) is 30.2 Å². The number of esters is 1. The van der Waals surface area contributed by atoms with Crippen LogP contribution in [0, 0.1) is 6.92 Å². The third-order valence-corrected chi connectivity index (χ3v) is 7.51. The Morgan fingerprint density at radius 1 is 0.634 bits per heavy atom. The predicted octanol–water partition coefficient (Wildman–Crippen LogP) is 6.04. The molecule has 2 aromatic heterocycles. The predicted molar refractivity (Wildman–Crippen MR) is 156 cm³/mol. The number of aryl methyl sites for hydroxylation is 1. The average Bonchev–Trinajstić information content (AvgIpc) is 3.61. The molecular formula is C33H26N6O2. The number of methoxy groups -OCH3 is 1. The number of carbonyl (C=O) groups excluding carboxylic acids is 1. The van der Waals surface area contributed by atoms with E-state index in [1.165, 1.54) is 12.7 Å². The molecule has 0 unspecified atom stereocenters.